The lowest BCUT2D eigenvalue weighted by Crippen LogP contribution is -2.16. The van der Waals surface area contributed by atoms with Crippen molar-refractivity contribution in [2.45, 2.75) is 13.3 Å². The van der Waals surface area contributed by atoms with Crippen LogP contribution in [-0.2, 0) is 6.42 Å². The Morgan fingerprint density at radius 2 is 2.10 bits per heavy atom. The molecule has 0 fully saturated rings. The van der Waals surface area contributed by atoms with Crippen molar-refractivity contribution in [1.29, 1.82) is 0 Å². The third-order valence-electron chi connectivity index (χ3n) is 2.99. The number of nitrogens with one attached hydrogen (secondary N) is 1. The minimum Gasteiger partial charge on any atom is -0.497 e. The second-order valence-electron chi connectivity index (χ2n) is 4.29. The number of benzene rings is 1. The Labute approximate surface area is 118 Å². The molecule has 5 heteroatoms. The van der Waals surface area contributed by atoms with E-state index >= 15 is 0 Å². The van der Waals surface area contributed by atoms with E-state index in [1.807, 2.05) is 18.2 Å². The van der Waals surface area contributed by atoms with Gasteiger partial charge in [-0.3, -0.25) is 0 Å². The van der Waals surface area contributed by atoms with E-state index in [1.165, 1.54) is 0 Å². The Kier molecular flexibility index (Phi) is 5.01. The Morgan fingerprint density at radius 1 is 1.25 bits per heavy atom. The summed E-state index contributed by atoms with van der Waals surface area (Å²) in [6.45, 7) is 3.87. The van der Waals surface area contributed by atoms with Crippen LogP contribution in [0, 0.1) is 0 Å². The van der Waals surface area contributed by atoms with Gasteiger partial charge < -0.3 is 19.2 Å². The second kappa shape index (κ2) is 6.96. The highest BCUT2D eigenvalue weighted by atomic mass is 16.5. The molecule has 0 spiro atoms. The lowest BCUT2D eigenvalue weighted by atomic mass is 10.1. The largest absolute Gasteiger partial charge is 0.497 e. The molecule has 0 saturated heterocycles. The molecular formula is C15H20N2O3. The first kappa shape index (κ1) is 14.4. The van der Waals surface area contributed by atoms with Gasteiger partial charge in [0.05, 0.1) is 26.0 Å². The molecule has 0 saturated carbocycles. The maximum Gasteiger partial charge on any atom is 0.196 e. The second-order valence-corrected chi connectivity index (χ2v) is 4.29. The number of aromatic nitrogens is 1. The van der Waals surface area contributed by atoms with E-state index in [-0.39, 0.29) is 0 Å². The average molecular weight is 276 g/mol. The molecule has 0 amide bonds. The Bertz CT molecular complexity index is 552. The maximum absolute atomic E-state index is 5.77. The van der Waals surface area contributed by atoms with Gasteiger partial charge in [0.15, 0.2) is 11.7 Å². The van der Waals surface area contributed by atoms with Crippen LogP contribution in [0.2, 0.25) is 0 Å². The van der Waals surface area contributed by atoms with Crippen LogP contribution >= 0.6 is 0 Å². The lowest BCUT2D eigenvalue weighted by molar-refractivity contribution is 0.402. The normalized spacial score (nSPS) is 10.6. The van der Waals surface area contributed by atoms with Gasteiger partial charge in [0.25, 0.3) is 0 Å². The fraction of sp³-hybridized carbons (Fsp3) is 0.400. The number of methoxy groups -OCH3 is 2. The zero-order valence-electron chi connectivity index (χ0n) is 12.1. The van der Waals surface area contributed by atoms with Crippen molar-refractivity contribution in [3.8, 4) is 22.8 Å². The summed E-state index contributed by atoms with van der Waals surface area (Å²) >= 11 is 0. The summed E-state index contributed by atoms with van der Waals surface area (Å²) in [6.07, 6.45) is 2.48. The van der Waals surface area contributed by atoms with Crippen LogP contribution in [0.1, 0.15) is 12.8 Å². The van der Waals surface area contributed by atoms with Crippen LogP contribution in [-0.4, -0.2) is 32.3 Å². The first-order valence-electron chi connectivity index (χ1n) is 6.66. The lowest BCUT2D eigenvalue weighted by Gasteiger charge is -2.08. The first-order valence-corrected chi connectivity index (χ1v) is 6.66. The topological polar surface area (TPSA) is 56.5 Å². The Hall–Kier alpha value is -2.01. The number of rotatable bonds is 7. The number of ether oxygens (including phenoxy) is 2. The van der Waals surface area contributed by atoms with Crippen LogP contribution in [0.3, 0.4) is 0 Å². The van der Waals surface area contributed by atoms with Crippen molar-refractivity contribution < 1.29 is 13.9 Å². The predicted octanol–water partition coefficient (Wildman–Crippen LogP) is 2.51. The Morgan fingerprint density at radius 3 is 2.80 bits per heavy atom. The van der Waals surface area contributed by atoms with Crippen molar-refractivity contribution in [2.24, 2.45) is 0 Å². The van der Waals surface area contributed by atoms with E-state index in [4.69, 9.17) is 13.9 Å². The van der Waals surface area contributed by atoms with E-state index < -0.39 is 0 Å². The molecule has 1 N–H and O–H groups in total. The van der Waals surface area contributed by atoms with Crippen molar-refractivity contribution in [1.82, 2.24) is 10.3 Å². The van der Waals surface area contributed by atoms with Crippen molar-refractivity contribution in [3.05, 3.63) is 30.3 Å². The van der Waals surface area contributed by atoms with E-state index in [1.54, 1.807) is 20.4 Å². The SMILES string of the molecule is CCNCCc1ncc(-c2cc(OC)ccc2OC)o1. The molecule has 2 aromatic rings. The summed E-state index contributed by atoms with van der Waals surface area (Å²) in [7, 11) is 3.27. The molecule has 5 nitrogen and oxygen atoms in total. The number of oxazole rings is 1. The molecule has 1 aromatic carbocycles. The molecule has 0 atom stereocenters. The number of nitrogens with zero attached hydrogens (tertiary/aromatic N) is 1. The molecule has 0 aliphatic heterocycles. The fourth-order valence-corrected chi connectivity index (χ4v) is 1.93. The van der Waals surface area contributed by atoms with Crippen molar-refractivity contribution in [2.75, 3.05) is 27.3 Å². The van der Waals surface area contributed by atoms with Crippen molar-refractivity contribution in [3.63, 3.8) is 0 Å². The van der Waals surface area contributed by atoms with Gasteiger partial charge in [0.2, 0.25) is 0 Å². The molecule has 0 radical (unpaired) electrons. The molecule has 0 unspecified atom stereocenters. The fourth-order valence-electron chi connectivity index (χ4n) is 1.93. The minimum absolute atomic E-state index is 0.687. The smallest absolute Gasteiger partial charge is 0.196 e. The number of hydrogen-bond donors (Lipinski definition) is 1. The molecule has 2 rings (SSSR count). The highest BCUT2D eigenvalue weighted by molar-refractivity contribution is 5.67. The molecule has 0 bridgehead atoms. The molecule has 0 aliphatic carbocycles. The van der Waals surface area contributed by atoms with Crippen LogP contribution < -0.4 is 14.8 Å². The van der Waals surface area contributed by atoms with Crippen molar-refractivity contribution >= 4 is 0 Å². The maximum atomic E-state index is 5.77. The third kappa shape index (κ3) is 3.30. The Balaban J connectivity index is 2.22. The molecule has 20 heavy (non-hydrogen) atoms. The summed E-state index contributed by atoms with van der Waals surface area (Å²) in [6, 6.07) is 5.59. The number of hydrogen-bond acceptors (Lipinski definition) is 5. The quantitative estimate of drug-likeness (QED) is 0.787. The van der Waals surface area contributed by atoms with Crippen LogP contribution in [0.5, 0.6) is 11.5 Å². The van der Waals surface area contributed by atoms with E-state index in [9.17, 15) is 0 Å². The summed E-state index contributed by atoms with van der Waals surface area (Å²) in [5.41, 5.74) is 0.842. The monoisotopic (exact) mass is 276 g/mol. The van der Waals surface area contributed by atoms with Gasteiger partial charge in [0, 0.05) is 13.0 Å². The average Bonchev–Trinajstić information content (AvgIpc) is 2.95. The first-order chi connectivity index (χ1) is 9.78. The minimum atomic E-state index is 0.687. The van der Waals surface area contributed by atoms with Crippen LogP contribution in [0.25, 0.3) is 11.3 Å². The number of likely N-dealkylation sites (N-methyl/N-ethyl adjacent to an activating group) is 1. The zero-order chi connectivity index (χ0) is 14.4. The standard InChI is InChI=1S/C15H20N2O3/c1-4-16-8-7-15-17-10-14(20-15)12-9-11(18-2)5-6-13(12)19-3/h5-6,9-10,16H,4,7-8H2,1-3H3. The summed E-state index contributed by atoms with van der Waals surface area (Å²) in [4.78, 5) is 4.29. The summed E-state index contributed by atoms with van der Waals surface area (Å²) in [5.74, 6) is 2.89. The van der Waals surface area contributed by atoms with Crippen LogP contribution in [0.4, 0.5) is 0 Å². The molecular weight excluding hydrogens is 256 g/mol. The zero-order valence-corrected chi connectivity index (χ0v) is 12.1. The summed E-state index contributed by atoms with van der Waals surface area (Å²) < 4.78 is 16.4. The highest BCUT2D eigenvalue weighted by Gasteiger charge is 2.12. The molecule has 1 aromatic heterocycles. The third-order valence-corrected chi connectivity index (χ3v) is 2.99. The molecule has 108 valence electrons. The summed E-state index contributed by atoms with van der Waals surface area (Å²) in [5, 5.41) is 3.24. The van der Waals surface area contributed by atoms with Gasteiger partial charge in [0.1, 0.15) is 11.5 Å². The van der Waals surface area contributed by atoms with Crippen LogP contribution in [0.15, 0.2) is 28.8 Å². The van der Waals surface area contributed by atoms with Gasteiger partial charge in [-0.25, -0.2) is 4.98 Å². The van der Waals surface area contributed by atoms with Gasteiger partial charge >= 0.3 is 0 Å². The molecule has 0 aliphatic rings. The van der Waals surface area contributed by atoms with Gasteiger partial charge in [-0.2, -0.15) is 0 Å². The molecule has 1 heterocycles. The predicted molar refractivity (Wildman–Crippen MR) is 77.3 cm³/mol. The van der Waals surface area contributed by atoms with E-state index in [0.717, 1.165) is 36.6 Å². The van der Waals surface area contributed by atoms with Gasteiger partial charge in [-0.05, 0) is 24.7 Å². The highest BCUT2D eigenvalue weighted by Crippen LogP contribution is 2.33. The van der Waals surface area contributed by atoms with E-state index in [2.05, 4.69) is 17.2 Å². The van der Waals surface area contributed by atoms with Gasteiger partial charge in [-0.15, -0.1) is 0 Å². The van der Waals surface area contributed by atoms with Gasteiger partial charge in [-0.1, -0.05) is 6.92 Å². The van der Waals surface area contributed by atoms with E-state index in [0.29, 0.717) is 11.7 Å².